The lowest BCUT2D eigenvalue weighted by molar-refractivity contribution is -0.127. The van der Waals surface area contributed by atoms with Crippen LogP contribution in [0.5, 0.6) is 0 Å². The van der Waals surface area contributed by atoms with E-state index in [1.165, 1.54) is 21.0 Å². The van der Waals surface area contributed by atoms with Crippen molar-refractivity contribution in [3.05, 3.63) is 0 Å². The third-order valence-electron chi connectivity index (χ3n) is 1.36. The van der Waals surface area contributed by atoms with Gasteiger partial charge in [-0.05, 0) is 13.8 Å². The minimum Gasteiger partial charge on any atom is -0.465 e. The van der Waals surface area contributed by atoms with Crippen LogP contribution in [-0.4, -0.2) is 36.5 Å². The third kappa shape index (κ3) is 4.32. The molecule has 0 aliphatic carbocycles. The number of rotatable bonds is 4. The number of ether oxygens (including phenoxy) is 1. The van der Waals surface area contributed by atoms with Crippen molar-refractivity contribution in [2.75, 3.05) is 13.8 Å². The quantitative estimate of drug-likeness (QED) is 0.533. The number of carboxylic acid groups (broad SMARTS) is 1. The standard InChI is InChI=1S/C7H14N2O4/c1-7(2,9-6(11)12)5(10)8-4-13-3/h9H,4H2,1-3H3,(H,8,10)(H,11,12). The highest BCUT2D eigenvalue weighted by atomic mass is 16.5. The summed E-state index contributed by atoms with van der Waals surface area (Å²) in [7, 11) is 1.43. The van der Waals surface area contributed by atoms with E-state index in [4.69, 9.17) is 5.11 Å². The molecule has 0 aliphatic rings. The van der Waals surface area contributed by atoms with Crippen molar-refractivity contribution >= 4 is 12.0 Å². The highest BCUT2D eigenvalue weighted by molar-refractivity contribution is 5.88. The second-order valence-electron chi connectivity index (χ2n) is 2.99. The molecule has 0 aromatic carbocycles. The summed E-state index contributed by atoms with van der Waals surface area (Å²) < 4.78 is 4.61. The van der Waals surface area contributed by atoms with Crippen molar-refractivity contribution in [3.63, 3.8) is 0 Å². The molecule has 6 nitrogen and oxygen atoms in total. The SMILES string of the molecule is COCNC(=O)C(C)(C)NC(=O)O. The van der Waals surface area contributed by atoms with Crippen LogP contribution in [0.4, 0.5) is 4.79 Å². The fourth-order valence-corrected chi connectivity index (χ4v) is 0.683. The largest absolute Gasteiger partial charge is 0.465 e. The summed E-state index contributed by atoms with van der Waals surface area (Å²) in [5.41, 5.74) is -1.15. The Bertz CT molecular complexity index is 203. The lowest BCUT2D eigenvalue weighted by Crippen LogP contribution is -2.54. The molecule has 0 saturated heterocycles. The van der Waals surface area contributed by atoms with E-state index in [9.17, 15) is 9.59 Å². The summed E-state index contributed by atoms with van der Waals surface area (Å²) in [6, 6.07) is 0. The molecule has 0 radical (unpaired) electrons. The Morgan fingerprint density at radius 3 is 2.38 bits per heavy atom. The average molecular weight is 190 g/mol. The van der Waals surface area contributed by atoms with Gasteiger partial charge in [0.05, 0.1) is 0 Å². The first-order valence-electron chi connectivity index (χ1n) is 3.68. The van der Waals surface area contributed by atoms with Crippen LogP contribution in [0.25, 0.3) is 0 Å². The summed E-state index contributed by atoms with van der Waals surface area (Å²) in [6.07, 6.45) is -1.24. The van der Waals surface area contributed by atoms with E-state index >= 15 is 0 Å². The molecule has 6 heteroatoms. The zero-order valence-electron chi connectivity index (χ0n) is 7.88. The molecular weight excluding hydrogens is 176 g/mol. The maximum absolute atomic E-state index is 11.2. The average Bonchev–Trinajstić information content (AvgIpc) is 1.97. The fraction of sp³-hybridized carbons (Fsp3) is 0.714. The number of amides is 2. The van der Waals surface area contributed by atoms with Gasteiger partial charge in [-0.2, -0.15) is 0 Å². The van der Waals surface area contributed by atoms with Gasteiger partial charge in [0, 0.05) is 7.11 Å². The first kappa shape index (κ1) is 11.7. The van der Waals surface area contributed by atoms with Crippen LogP contribution in [0.3, 0.4) is 0 Å². The van der Waals surface area contributed by atoms with Gasteiger partial charge in [-0.25, -0.2) is 4.79 Å². The molecule has 76 valence electrons. The van der Waals surface area contributed by atoms with Crippen LogP contribution < -0.4 is 10.6 Å². The molecule has 0 aromatic heterocycles. The monoisotopic (exact) mass is 190 g/mol. The van der Waals surface area contributed by atoms with Crippen molar-refractivity contribution in [1.29, 1.82) is 0 Å². The molecule has 0 heterocycles. The molecule has 0 atom stereocenters. The van der Waals surface area contributed by atoms with Gasteiger partial charge in [0.1, 0.15) is 12.3 Å². The van der Waals surface area contributed by atoms with Gasteiger partial charge >= 0.3 is 6.09 Å². The molecule has 0 unspecified atom stereocenters. The Morgan fingerprint density at radius 2 is 2.00 bits per heavy atom. The summed E-state index contributed by atoms with van der Waals surface area (Å²) in [4.78, 5) is 21.5. The van der Waals surface area contributed by atoms with Crippen molar-refractivity contribution in [1.82, 2.24) is 10.6 Å². The van der Waals surface area contributed by atoms with E-state index < -0.39 is 17.5 Å². The van der Waals surface area contributed by atoms with Crippen molar-refractivity contribution in [2.45, 2.75) is 19.4 Å². The Morgan fingerprint density at radius 1 is 1.46 bits per heavy atom. The van der Waals surface area contributed by atoms with E-state index in [0.717, 1.165) is 0 Å². The smallest absolute Gasteiger partial charge is 0.405 e. The van der Waals surface area contributed by atoms with Gasteiger partial charge in [-0.1, -0.05) is 0 Å². The number of nitrogens with one attached hydrogen (secondary N) is 2. The number of hydrogen-bond acceptors (Lipinski definition) is 3. The van der Waals surface area contributed by atoms with E-state index in [1.54, 1.807) is 0 Å². The van der Waals surface area contributed by atoms with Crippen molar-refractivity contribution in [3.8, 4) is 0 Å². The highest BCUT2D eigenvalue weighted by Crippen LogP contribution is 2.01. The molecule has 2 amide bonds. The van der Waals surface area contributed by atoms with Gasteiger partial charge in [0.2, 0.25) is 5.91 Å². The number of carbonyl (C=O) groups excluding carboxylic acids is 1. The van der Waals surface area contributed by atoms with Gasteiger partial charge in [-0.15, -0.1) is 0 Å². The van der Waals surface area contributed by atoms with Gasteiger partial charge in [-0.3, -0.25) is 4.79 Å². The number of carbonyl (C=O) groups is 2. The molecule has 0 spiro atoms. The summed E-state index contributed by atoms with van der Waals surface area (Å²) in [6.45, 7) is 2.99. The first-order valence-corrected chi connectivity index (χ1v) is 3.68. The third-order valence-corrected chi connectivity index (χ3v) is 1.36. The van der Waals surface area contributed by atoms with E-state index in [1.807, 2.05) is 0 Å². The van der Waals surface area contributed by atoms with Crippen LogP contribution in [0.15, 0.2) is 0 Å². The Kier molecular flexibility index (Phi) is 4.19. The lowest BCUT2D eigenvalue weighted by atomic mass is 10.1. The Balaban J connectivity index is 4.10. The highest BCUT2D eigenvalue weighted by Gasteiger charge is 2.28. The minimum absolute atomic E-state index is 0.0591. The number of hydrogen-bond donors (Lipinski definition) is 3. The van der Waals surface area contributed by atoms with Crippen LogP contribution in [0, 0.1) is 0 Å². The van der Waals surface area contributed by atoms with E-state index in [0.29, 0.717) is 0 Å². The molecule has 0 aromatic rings. The maximum Gasteiger partial charge on any atom is 0.405 e. The Hall–Kier alpha value is -1.30. The summed E-state index contributed by atoms with van der Waals surface area (Å²) in [5.74, 6) is -0.434. The fourth-order valence-electron chi connectivity index (χ4n) is 0.683. The maximum atomic E-state index is 11.2. The second kappa shape index (κ2) is 4.66. The molecular formula is C7H14N2O4. The predicted octanol–water partition coefficient (Wildman–Crippen LogP) is -0.247. The van der Waals surface area contributed by atoms with Crippen LogP contribution >= 0.6 is 0 Å². The normalized spacial score (nSPS) is 10.7. The van der Waals surface area contributed by atoms with Gasteiger partial charge < -0.3 is 20.5 Å². The zero-order valence-corrected chi connectivity index (χ0v) is 7.88. The van der Waals surface area contributed by atoms with Crippen molar-refractivity contribution in [2.24, 2.45) is 0 Å². The van der Waals surface area contributed by atoms with Crippen molar-refractivity contribution < 1.29 is 19.4 Å². The van der Waals surface area contributed by atoms with Crippen LogP contribution in [-0.2, 0) is 9.53 Å². The molecule has 13 heavy (non-hydrogen) atoms. The Labute approximate surface area is 76.3 Å². The number of methoxy groups -OCH3 is 1. The van der Waals surface area contributed by atoms with Gasteiger partial charge in [0.25, 0.3) is 0 Å². The summed E-state index contributed by atoms with van der Waals surface area (Å²) >= 11 is 0. The predicted molar refractivity (Wildman–Crippen MR) is 45.3 cm³/mol. The van der Waals surface area contributed by atoms with E-state index in [-0.39, 0.29) is 6.73 Å². The molecule has 0 aliphatic heterocycles. The second-order valence-corrected chi connectivity index (χ2v) is 2.99. The first-order chi connectivity index (χ1) is 5.90. The topological polar surface area (TPSA) is 87.7 Å². The molecule has 0 saturated carbocycles. The summed E-state index contributed by atoms with van der Waals surface area (Å²) in [5, 5.41) is 12.9. The molecule has 0 fully saturated rings. The molecule has 3 N–H and O–H groups in total. The molecule has 0 bridgehead atoms. The molecule has 0 rings (SSSR count). The van der Waals surface area contributed by atoms with Crippen LogP contribution in [0.1, 0.15) is 13.8 Å². The zero-order chi connectivity index (χ0) is 10.5. The van der Waals surface area contributed by atoms with Gasteiger partial charge in [0.15, 0.2) is 0 Å². The lowest BCUT2D eigenvalue weighted by Gasteiger charge is -2.22. The minimum atomic E-state index is -1.24. The van der Waals surface area contributed by atoms with E-state index in [2.05, 4.69) is 15.4 Å². The van der Waals surface area contributed by atoms with Crippen LogP contribution in [0.2, 0.25) is 0 Å².